The molecule has 1 N–H and O–H groups in total. The minimum Gasteiger partial charge on any atom is -0.479 e. The lowest BCUT2D eigenvalue weighted by atomic mass is 10.0. The molecule has 8 heteroatoms. The molecule has 30 heavy (non-hydrogen) atoms. The summed E-state index contributed by atoms with van der Waals surface area (Å²) in [6.45, 7) is 3.55. The van der Waals surface area contributed by atoms with Crippen LogP contribution in [0.2, 0.25) is 0 Å². The molecule has 1 aliphatic rings. The van der Waals surface area contributed by atoms with Crippen molar-refractivity contribution in [3.63, 3.8) is 0 Å². The van der Waals surface area contributed by atoms with E-state index in [9.17, 15) is 9.59 Å². The zero-order valence-electron chi connectivity index (χ0n) is 17.1. The first-order valence-electron chi connectivity index (χ1n) is 9.92. The molecule has 2 heterocycles. The number of fused-ring (bicyclic) bond motifs is 1. The maximum absolute atomic E-state index is 11.0. The normalized spacial score (nSPS) is 17.9. The van der Waals surface area contributed by atoms with Crippen LogP contribution in [-0.2, 0) is 23.8 Å². The van der Waals surface area contributed by atoms with Crippen molar-refractivity contribution in [1.82, 2.24) is 0 Å². The molecule has 1 aliphatic heterocycles. The average molecular weight is 418 g/mol. The van der Waals surface area contributed by atoms with Crippen LogP contribution < -0.4 is 4.74 Å². The number of carbonyl (C=O) groups is 2. The van der Waals surface area contributed by atoms with Crippen molar-refractivity contribution in [2.75, 3.05) is 19.8 Å². The van der Waals surface area contributed by atoms with E-state index in [1.165, 1.54) is 6.92 Å². The molecule has 2 aromatic rings. The number of hydrogen-bond acceptors (Lipinski definition) is 7. The molecule has 0 saturated carbocycles. The minimum absolute atomic E-state index is 0.106. The summed E-state index contributed by atoms with van der Waals surface area (Å²) in [5, 5.41) is 9.68. The molecule has 0 radical (unpaired) electrons. The highest BCUT2D eigenvalue weighted by Crippen LogP contribution is 2.39. The van der Waals surface area contributed by atoms with Gasteiger partial charge in [0, 0.05) is 24.5 Å². The second-order valence-electron chi connectivity index (χ2n) is 6.97. The van der Waals surface area contributed by atoms with E-state index in [1.54, 1.807) is 24.3 Å². The van der Waals surface area contributed by atoms with Crippen molar-refractivity contribution in [3.8, 4) is 5.75 Å². The largest absolute Gasteiger partial charge is 0.479 e. The Morgan fingerprint density at radius 2 is 2.17 bits per heavy atom. The van der Waals surface area contributed by atoms with E-state index in [2.05, 4.69) is 0 Å². The Morgan fingerprint density at radius 1 is 1.33 bits per heavy atom. The Kier molecular flexibility index (Phi) is 7.48. The summed E-state index contributed by atoms with van der Waals surface area (Å²) in [7, 11) is 0. The number of ether oxygens (including phenoxy) is 4. The van der Waals surface area contributed by atoms with E-state index >= 15 is 0 Å². The Hall–Kier alpha value is -2.84. The summed E-state index contributed by atoms with van der Waals surface area (Å²) in [5.41, 5.74) is 1.22. The third kappa shape index (κ3) is 5.61. The molecule has 3 rings (SSSR count). The molecule has 2 unspecified atom stereocenters. The third-order valence-electron chi connectivity index (χ3n) is 4.65. The fraction of sp³-hybridized carbons (Fsp3) is 0.455. The first-order chi connectivity index (χ1) is 14.5. The first-order valence-corrected chi connectivity index (χ1v) is 9.92. The molecule has 0 spiro atoms. The van der Waals surface area contributed by atoms with E-state index in [4.69, 9.17) is 28.5 Å². The molecule has 1 saturated heterocycles. The van der Waals surface area contributed by atoms with Gasteiger partial charge in [0.1, 0.15) is 12.4 Å². The van der Waals surface area contributed by atoms with Gasteiger partial charge >= 0.3 is 11.9 Å². The molecule has 8 nitrogen and oxygen atoms in total. The highest BCUT2D eigenvalue weighted by Gasteiger charge is 2.25. The second-order valence-corrected chi connectivity index (χ2v) is 6.97. The number of hydrogen-bond donors (Lipinski definition) is 1. The predicted octanol–water partition coefficient (Wildman–Crippen LogP) is 4.08. The van der Waals surface area contributed by atoms with Gasteiger partial charge < -0.3 is 28.5 Å². The van der Waals surface area contributed by atoms with Crippen molar-refractivity contribution >= 4 is 29.0 Å². The van der Waals surface area contributed by atoms with Gasteiger partial charge in [0.2, 0.25) is 0 Å². The highest BCUT2D eigenvalue weighted by atomic mass is 16.7. The Bertz CT molecular complexity index is 907. The summed E-state index contributed by atoms with van der Waals surface area (Å²) < 4.78 is 28.2. The Labute approximate surface area is 174 Å². The zero-order chi connectivity index (χ0) is 21.5. The summed E-state index contributed by atoms with van der Waals surface area (Å²) in [6.07, 6.45) is 5.64. The summed E-state index contributed by atoms with van der Waals surface area (Å²) >= 11 is 0. The van der Waals surface area contributed by atoms with Gasteiger partial charge in [-0.05, 0) is 44.4 Å². The Morgan fingerprint density at radius 3 is 2.87 bits per heavy atom. The fourth-order valence-electron chi connectivity index (χ4n) is 3.36. The number of carbonyl (C=O) groups excluding carboxylic acids is 1. The van der Waals surface area contributed by atoms with Gasteiger partial charge in [-0.25, -0.2) is 4.79 Å². The lowest BCUT2D eigenvalue weighted by molar-refractivity contribution is -0.186. The maximum atomic E-state index is 11.0. The predicted molar refractivity (Wildman–Crippen MR) is 108 cm³/mol. The van der Waals surface area contributed by atoms with Crippen molar-refractivity contribution < 1.29 is 38.1 Å². The van der Waals surface area contributed by atoms with Crippen LogP contribution in [0.4, 0.5) is 0 Å². The van der Waals surface area contributed by atoms with Crippen molar-refractivity contribution in [3.05, 3.63) is 35.6 Å². The van der Waals surface area contributed by atoms with E-state index in [-0.39, 0.29) is 25.0 Å². The molecule has 0 aliphatic carbocycles. The van der Waals surface area contributed by atoms with Gasteiger partial charge in [0.25, 0.3) is 0 Å². The maximum Gasteiger partial charge on any atom is 0.341 e. The van der Waals surface area contributed by atoms with Crippen LogP contribution in [0.3, 0.4) is 0 Å². The molecule has 2 atom stereocenters. The molecular weight excluding hydrogens is 392 g/mol. The van der Waals surface area contributed by atoms with Crippen LogP contribution in [0.25, 0.3) is 17.0 Å². The van der Waals surface area contributed by atoms with Gasteiger partial charge in [-0.3, -0.25) is 4.79 Å². The molecule has 1 aromatic heterocycles. The van der Waals surface area contributed by atoms with Gasteiger partial charge in [-0.1, -0.05) is 12.1 Å². The monoisotopic (exact) mass is 418 g/mol. The fourth-order valence-corrected chi connectivity index (χ4v) is 3.36. The van der Waals surface area contributed by atoms with E-state index in [0.29, 0.717) is 23.7 Å². The number of aliphatic carboxylic acids is 1. The smallest absolute Gasteiger partial charge is 0.341 e. The number of carboxylic acids is 1. The van der Waals surface area contributed by atoms with Gasteiger partial charge in [0.05, 0.1) is 6.10 Å². The number of esters is 1. The number of para-hydroxylation sites is 1. The Balaban J connectivity index is 1.93. The highest BCUT2D eigenvalue weighted by molar-refractivity contribution is 5.89. The summed E-state index contributed by atoms with van der Waals surface area (Å²) in [5.74, 6) is -0.602. The van der Waals surface area contributed by atoms with Crippen molar-refractivity contribution in [2.45, 2.75) is 45.5 Å². The van der Waals surface area contributed by atoms with Gasteiger partial charge in [-0.2, -0.15) is 0 Å². The zero-order valence-corrected chi connectivity index (χ0v) is 17.1. The topological polar surface area (TPSA) is 104 Å². The number of benzene rings is 1. The van der Waals surface area contributed by atoms with Crippen LogP contribution in [-0.4, -0.2) is 43.2 Å². The lowest BCUT2D eigenvalue weighted by Gasteiger charge is -2.26. The summed E-state index contributed by atoms with van der Waals surface area (Å²) in [4.78, 5) is 21.9. The lowest BCUT2D eigenvalue weighted by Crippen LogP contribution is -2.23. The standard InChI is InChI=1S/C22H26O8/c1-14(29-20-10-3-4-11-27-20)21-16-7-5-8-18(28-13-19(24)25)22(16)30-17(21)9-6-12-26-15(2)23/h5-9,14,20H,3-4,10-13H2,1-2H3,(H,24,25). The third-order valence-corrected chi connectivity index (χ3v) is 4.65. The quantitative estimate of drug-likeness (QED) is 0.608. The van der Waals surface area contributed by atoms with Crippen LogP contribution in [0.5, 0.6) is 5.75 Å². The van der Waals surface area contributed by atoms with Crippen molar-refractivity contribution in [2.24, 2.45) is 0 Å². The molecular formula is C22H26O8. The van der Waals surface area contributed by atoms with Crippen LogP contribution in [0, 0.1) is 0 Å². The van der Waals surface area contributed by atoms with Gasteiger partial charge in [0.15, 0.2) is 24.2 Å². The minimum atomic E-state index is -1.08. The molecule has 0 amide bonds. The van der Waals surface area contributed by atoms with Gasteiger partial charge in [-0.15, -0.1) is 0 Å². The molecule has 162 valence electrons. The molecule has 0 bridgehead atoms. The first kappa shape index (κ1) is 21.9. The molecule has 1 aromatic carbocycles. The van der Waals surface area contributed by atoms with E-state index in [0.717, 1.165) is 30.2 Å². The average Bonchev–Trinajstić information content (AvgIpc) is 3.09. The van der Waals surface area contributed by atoms with E-state index < -0.39 is 12.6 Å². The number of rotatable bonds is 9. The van der Waals surface area contributed by atoms with E-state index in [1.807, 2.05) is 13.0 Å². The SMILES string of the molecule is CC(=O)OCC=Cc1oc2c(OCC(=O)O)cccc2c1C(C)OC1CCCCO1. The van der Waals surface area contributed by atoms with Crippen LogP contribution in [0.1, 0.15) is 50.5 Å². The van der Waals surface area contributed by atoms with Crippen LogP contribution >= 0.6 is 0 Å². The van der Waals surface area contributed by atoms with Crippen molar-refractivity contribution in [1.29, 1.82) is 0 Å². The summed E-state index contributed by atoms with van der Waals surface area (Å²) in [6, 6.07) is 5.29. The van der Waals surface area contributed by atoms with Crippen LogP contribution in [0.15, 0.2) is 28.7 Å². The second kappa shape index (κ2) is 10.3. The number of furan rings is 1. The number of carboxylic acid groups (broad SMARTS) is 1. The molecule has 1 fully saturated rings.